The van der Waals surface area contributed by atoms with Crippen LogP contribution in [0.4, 0.5) is 0 Å². The third kappa shape index (κ3) is 16.2. The Morgan fingerprint density at radius 1 is 0.680 bits per heavy atom. The highest BCUT2D eigenvalue weighted by Gasteiger charge is 2.19. The molecular weight excluding hydrogens is 316 g/mol. The smallest absolute Gasteiger partial charge is 0.309 e. The van der Waals surface area contributed by atoms with Crippen LogP contribution < -0.4 is 0 Å². The molecule has 0 aliphatic heterocycles. The maximum atomic E-state index is 11.9. The van der Waals surface area contributed by atoms with Crippen LogP contribution in [0.15, 0.2) is 0 Å². The average molecular weight is 357 g/mol. The fourth-order valence-corrected chi connectivity index (χ4v) is 2.66. The largest absolute Gasteiger partial charge is 0.466 e. The van der Waals surface area contributed by atoms with Gasteiger partial charge in [0.05, 0.1) is 25.6 Å². The molecule has 0 radical (unpaired) electrons. The van der Waals surface area contributed by atoms with Crippen molar-refractivity contribution in [3.8, 4) is 0 Å². The highest BCUT2D eigenvalue weighted by atomic mass is 16.5. The molecule has 0 amide bonds. The van der Waals surface area contributed by atoms with Crippen LogP contribution in [-0.2, 0) is 19.1 Å². The lowest BCUT2D eigenvalue weighted by molar-refractivity contribution is -0.154. The summed E-state index contributed by atoms with van der Waals surface area (Å²) in [5.41, 5.74) is 0. The predicted molar refractivity (Wildman–Crippen MR) is 102 cm³/mol. The lowest BCUT2D eigenvalue weighted by Crippen LogP contribution is -2.20. The van der Waals surface area contributed by atoms with E-state index in [9.17, 15) is 9.59 Å². The Bertz CT molecular complexity index is 328. The third-order valence-corrected chi connectivity index (χ3v) is 4.38. The number of carbonyl (C=O) groups excluding carboxylic acids is 2. The number of unbranched alkanes of at least 4 members (excludes halogenated alkanes) is 10. The van der Waals surface area contributed by atoms with Crippen molar-refractivity contribution in [2.45, 2.75) is 104 Å². The van der Waals surface area contributed by atoms with Crippen LogP contribution in [0.2, 0.25) is 0 Å². The molecule has 0 heterocycles. The summed E-state index contributed by atoms with van der Waals surface area (Å²) in [5.74, 6) is -1.00. The molecule has 4 heteroatoms. The molecule has 0 fully saturated rings. The molecule has 4 nitrogen and oxygen atoms in total. The van der Waals surface area contributed by atoms with Crippen LogP contribution in [0.1, 0.15) is 104 Å². The van der Waals surface area contributed by atoms with E-state index in [4.69, 9.17) is 9.47 Å². The number of ether oxygens (including phenoxy) is 2. The Balaban J connectivity index is 3.56. The van der Waals surface area contributed by atoms with Gasteiger partial charge < -0.3 is 9.47 Å². The Hall–Kier alpha value is -1.06. The van der Waals surface area contributed by atoms with Crippen LogP contribution in [0.5, 0.6) is 0 Å². The molecule has 1 unspecified atom stereocenters. The second-order valence-corrected chi connectivity index (χ2v) is 7.03. The summed E-state index contributed by atoms with van der Waals surface area (Å²) in [4.78, 5) is 23.6. The number of rotatable bonds is 17. The van der Waals surface area contributed by atoms with E-state index >= 15 is 0 Å². The van der Waals surface area contributed by atoms with Crippen LogP contribution in [0.25, 0.3) is 0 Å². The number of carbonyl (C=O) groups is 2. The summed E-state index contributed by atoms with van der Waals surface area (Å²) >= 11 is 0. The van der Waals surface area contributed by atoms with E-state index in [-0.39, 0.29) is 18.4 Å². The fraction of sp³-hybridized carbons (Fsp3) is 0.905. The topological polar surface area (TPSA) is 52.6 Å². The average Bonchev–Trinajstić information content (AvgIpc) is 2.59. The Morgan fingerprint density at radius 2 is 1.12 bits per heavy atom. The van der Waals surface area contributed by atoms with Gasteiger partial charge >= 0.3 is 11.9 Å². The van der Waals surface area contributed by atoms with Crippen LogP contribution in [-0.4, -0.2) is 25.2 Å². The summed E-state index contributed by atoms with van der Waals surface area (Å²) in [5, 5.41) is 0. The second-order valence-electron chi connectivity index (χ2n) is 7.03. The maximum Gasteiger partial charge on any atom is 0.309 e. The van der Waals surface area contributed by atoms with E-state index in [1.165, 1.54) is 51.4 Å². The molecule has 148 valence electrons. The quantitative estimate of drug-likeness (QED) is 0.243. The standard InChI is InChI=1S/C21H40O4/c1-4-6-8-10-12-14-16-24-20(22)18-19(3)21(23)25-17-15-13-11-9-7-5-2/h19H,4-18H2,1-3H3. The van der Waals surface area contributed by atoms with Gasteiger partial charge in [0.15, 0.2) is 0 Å². The molecule has 0 aliphatic carbocycles. The van der Waals surface area contributed by atoms with Crippen LogP contribution in [0.3, 0.4) is 0 Å². The van der Waals surface area contributed by atoms with E-state index in [0.717, 1.165) is 25.7 Å². The van der Waals surface area contributed by atoms with Gasteiger partial charge in [-0.15, -0.1) is 0 Å². The van der Waals surface area contributed by atoms with E-state index < -0.39 is 5.92 Å². The molecule has 1 atom stereocenters. The Morgan fingerprint density at radius 3 is 1.64 bits per heavy atom. The molecule has 25 heavy (non-hydrogen) atoms. The predicted octanol–water partition coefficient (Wildman–Crippen LogP) is 5.82. The summed E-state index contributed by atoms with van der Waals surface area (Å²) in [6.07, 6.45) is 14.1. The number of esters is 2. The zero-order chi connectivity index (χ0) is 18.8. The minimum Gasteiger partial charge on any atom is -0.466 e. The minimum absolute atomic E-state index is 0.116. The Labute approximate surface area is 155 Å². The van der Waals surface area contributed by atoms with Crippen molar-refractivity contribution >= 4 is 11.9 Å². The van der Waals surface area contributed by atoms with Crippen molar-refractivity contribution in [2.24, 2.45) is 5.92 Å². The minimum atomic E-state index is -0.419. The van der Waals surface area contributed by atoms with E-state index in [1.54, 1.807) is 6.92 Å². The second kappa shape index (κ2) is 17.8. The highest BCUT2D eigenvalue weighted by molar-refractivity contribution is 5.79. The van der Waals surface area contributed by atoms with Gasteiger partial charge in [0, 0.05) is 0 Å². The van der Waals surface area contributed by atoms with Gasteiger partial charge in [-0.05, 0) is 12.8 Å². The van der Waals surface area contributed by atoms with Gasteiger partial charge in [0.25, 0.3) is 0 Å². The zero-order valence-corrected chi connectivity index (χ0v) is 16.8. The van der Waals surface area contributed by atoms with Crippen LogP contribution in [0, 0.1) is 5.92 Å². The van der Waals surface area contributed by atoms with E-state index in [0.29, 0.717) is 13.2 Å². The SMILES string of the molecule is CCCCCCCCOC(=O)CC(C)C(=O)OCCCCCCCC. The first-order valence-electron chi connectivity index (χ1n) is 10.4. The van der Waals surface area contributed by atoms with Gasteiger partial charge in [-0.1, -0.05) is 85.0 Å². The molecule has 0 N–H and O–H groups in total. The molecule has 0 aromatic heterocycles. The van der Waals surface area contributed by atoms with Crippen LogP contribution >= 0.6 is 0 Å². The van der Waals surface area contributed by atoms with E-state index in [1.807, 2.05) is 0 Å². The summed E-state index contributed by atoms with van der Waals surface area (Å²) < 4.78 is 10.4. The van der Waals surface area contributed by atoms with Crippen molar-refractivity contribution < 1.29 is 19.1 Å². The zero-order valence-electron chi connectivity index (χ0n) is 16.8. The first kappa shape index (κ1) is 23.9. The monoisotopic (exact) mass is 356 g/mol. The fourth-order valence-electron chi connectivity index (χ4n) is 2.66. The van der Waals surface area contributed by atoms with Gasteiger partial charge in [-0.25, -0.2) is 0 Å². The normalized spacial score (nSPS) is 12.0. The molecule has 0 aliphatic rings. The van der Waals surface area contributed by atoms with Gasteiger partial charge in [-0.3, -0.25) is 9.59 Å². The molecule has 0 saturated heterocycles. The van der Waals surface area contributed by atoms with Crippen molar-refractivity contribution in [2.75, 3.05) is 13.2 Å². The molecule has 0 bridgehead atoms. The van der Waals surface area contributed by atoms with Gasteiger partial charge in [0.1, 0.15) is 0 Å². The Kier molecular flexibility index (Phi) is 17.0. The first-order chi connectivity index (χ1) is 12.1. The van der Waals surface area contributed by atoms with E-state index in [2.05, 4.69) is 13.8 Å². The van der Waals surface area contributed by atoms with Gasteiger partial charge in [-0.2, -0.15) is 0 Å². The summed E-state index contributed by atoms with van der Waals surface area (Å²) in [6.45, 7) is 7.05. The molecule has 0 rings (SSSR count). The molecular formula is C21H40O4. The molecule has 0 aromatic rings. The molecule has 0 saturated carbocycles. The van der Waals surface area contributed by atoms with Crippen molar-refractivity contribution in [1.82, 2.24) is 0 Å². The first-order valence-corrected chi connectivity index (χ1v) is 10.4. The molecule has 0 spiro atoms. The van der Waals surface area contributed by atoms with Crippen molar-refractivity contribution in [1.29, 1.82) is 0 Å². The highest BCUT2D eigenvalue weighted by Crippen LogP contribution is 2.10. The number of hydrogen-bond acceptors (Lipinski definition) is 4. The number of hydrogen-bond donors (Lipinski definition) is 0. The summed E-state index contributed by atoms with van der Waals surface area (Å²) in [6, 6.07) is 0. The lowest BCUT2D eigenvalue weighted by Gasteiger charge is -2.11. The maximum absolute atomic E-state index is 11.9. The third-order valence-electron chi connectivity index (χ3n) is 4.38. The molecule has 0 aromatic carbocycles. The van der Waals surface area contributed by atoms with Gasteiger partial charge in [0.2, 0.25) is 0 Å². The van der Waals surface area contributed by atoms with Crippen molar-refractivity contribution in [3.05, 3.63) is 0 Å². The summed E-state index contributed by atoms with van der Waals surface area (Å²) in [7, 11) is 0. The lowest BCUT2D eigenvalue weighted by atomic mass is 10.1. The van der Waals surface area contributed by atoms with Crippen molar-refractivity contribution in [3.63, 3.8) is 0 Å².